The normalized spacial score (nSPS) is 41.4. The number of allylic oxidation sites excluding steroid dienone is 1. The molecule has 2 N–H and O–H groups in total. The van der Waals surface area contributed by atoms with Crippen LogP contribution in [0.2, 0.25) is 0 Å². The topological polar surface area (TPSA) is 86.7 Å². The number of carbonyl (C=O) groups excluding carboxylic acids is 1. The highest BCUT2D eigenvalue weighted by Crippen LogP contribution is 2.67. The van der Waals surface area contributed by atoms with Crippen LogP contribution < -0.4 is 4.72 Å². The van der Waals surface area contributed by atoms with Gasteiger partial charge in [0.05, 0.1) is 11.4 Å². The molecule has 0 aromatic heterocycles. The first-order valence-electron chi connectivity index (χ1n) is 15.1. The molecule has 0 aromatic carbocycles. The van der Waals surface area contributed by atoms with Crippen LogP contribution in [0.3, 0.4) is 0 Å². The zero-order valence-corrected chi connectivity index (χ0v) is 24.4. The maximum Gasteiger partial charge on any atom is 0.222 e. The van der Waals surface area contributed by atoms with Crippen molar-refractivity contribution in [3.8, 4) is 0 Å². The van der Waals surface area contributed by atoms with E-state index in [1.54, 1.807) is 5.57 Å². The molecule has 37 heavy (non-hydrogen) atoms. The molecular formula is C30H50N2O4S. The van der Waals surface area contributed by atoms with Gasteiger partial charge in [0.15, 0.2) is 0 Å². The molecule has 6 nitrogen and oxygen atoms in total. The van der Waals surface area contributed by atoms with Crippen LogP contribution >= 0.6 is 0 Å². The van der Waals surface area contributed by atoms with Crippen molar-refractivity contribution < 1.29 is 18.3 Å². The summed E-state index contributed by atoms with van der Waals surface area (Å²) in [5.41, 5.74) is 2.21. The highest BCUT2D eigenvalue weighted by molar-refractivity contribution is 7.90. The number of hydrogen-bond donors (Lipinski definition) is 2. The van der Waals surface area contributed by atoms with E-state index in [-0.39, 0.29) is 17.3 Å². The third kappa shape index (κ3) is 4.84. The van der Waals surface area contributed by atoms with Gasteiger partial charge >= 0.3 is 0 Å². The molecule has 8 atom stereocenters. The molecule has 4 aliphatic carbocycles. The molecule has 1 aliphatic heterocycles. The molecule has 3 saturated carbocycles. The summed E-state index contributed by atoms with van der Waals surface area (Å²) >= 11 is 0. The quantitative estimate of drug-likeness (QED) is 0.476. The van der Waals surface area contributed by atoms with Crippen molar-refractivity contribution in [2.24, 2.45) is 40.4 Å². The van der Waals surface area contributed by atoms with E-state index in [0.717, 1.165) is 43.4 Å². The lowest BCUT2D eigenvalue weighted by Crippen LogP contribution is -2.50. The van der Waals surface area contributed by atoms with E-state index >= 15 is 0 Å². The maximum absolute atomic E-state index is 13.0. The Morgan fingerprint density at radius 1 is 1.11 bits per heavy atom. The van der Waals surface area contributed by atoms with Gasteiger partial charge in [-0.05, 0) is 118 Å². The summed E-state index contributed by atoms with van der Waals surface area (Å²) in [4.78, 5) is 14.9. The molecule has 0 spiro atoms. The fourth-order valence-corrected chi connectivity index (χ4v) is 11.1. The molecule has 1 amide bonds. The molecule has 7 heteroatoms. The number of hydrogen-bond acceptors (Lipinski definition) is 4. The van der Waals surface area contributed by atoms with Crippen LogP contribution in [0.15, 0.2) is 11.6 Å². The summed E-state index contributed by atoms with van der Waals surface area (Å²) in [7, 11) is -1.78. The standard InChI is InChI=1S/C30H50N2O4S/c1-20(5-10-28(34)32-17-13-23(14-18-32)37(35,36)31-4)25-8-9-26-24-7-6-21-19-22(33)11-15-29(21,2)27(24)12-16-30(25,26)3/h6,20,22-27,31,33H,5,7-19H2,1-4H3/t20?,22-,24-,25+,26-,27-,29-,30+/m0/s1. The van der Waals surface area contributed by atoms with Gasteiger partial charge in [-0.15, -0.1) is 0 Å². The highest BCUT2D eigenvalue weighted by Gasteiger charge is 2.59. The lowest BCUT2D eigenvalue weighted by molar-refractivity contribution is -0.132. The minimum absolute atomic E-state index is 0.142. The number of aliphatic hydroxyl groups excluding tert-OH is 1. The van der Waals surface area contributed by atoms with Crippen LogP contribution in [0, 0.1) is 40.4 Å². The Morgan fingerprint density at radius 2 is 1.84 bits per heavy atom. The number of likely N-dealkylation sites (tertiary alicyclic amines) is 1. The number of carbonyl (C=O) groups is 1. The molecular weight excluding hydrogens is 484 g/mol. The number of nitrogens with zero attached hydrogens (tertiary/aromatic N) is 1. The Balaban J connectivity index is 1.18. The number of sulfonamides is 1. The summed E-state index contributed by atoms with van der Waals surface area (Å²) in [5, 5.41) is 9.90. The van der Waals surface area contributed by atoms with Crippen molar-refractivity contribution in [1.29, 1.82) is 0 Å². The van der Waals surface area contributed by atoms with Gasteiger partial charge < -0.3 is 10.0 Å². The minimum Gasteiger partial charge on any atom is -0.393 e. The fraction of sp³-hybridized carbons (Fsp3) is 0.900. The Morgan fingerprint density at radius 3 is 2.54 bits per heavy atom. The van der Waals surface area contributed by atoms with Crippen molar-refractivity contribution in [3.63, 3.8) is 0 Å². The Kier molecular flexibility index (Phi) is 7.65. The third-order valence-electron chi connectivity index (χ3n) is 12.2. The maximum atomic E-state index is 13.0. The zero-order chi connectivity index (χ0) is 26.6. The Hall–Kier alpha value is -0.920. The fourth-order valence-electron chi connectivity index (χ4n) is 9.91. The molecule has 1 heterocycles. The second-order valence-corrected chi connectivity index (χ2v) is 15.9. The molecule has 5 aliphatic rings. The third-order valence-corrected chi connectivity index (χ3v) is 14.1. The summed E-state index contributed by atoms with van der Waals surface area (Å²) < 4.78 is 26.6. The molecule has 1 saturated heterocycles. The second kappa shape index (κ2) is 10.2. The van der Waals surface area contributed by atoms with Gasteiger partial charge in [-0.1, -0.05) is 32.4 Å². The average molecular weight is 535 g/mol. The molecule has 0 bridgehead atoms. The van der Waals surface area contributed by atoms with Gasteiger partial charge in [-0.25, -0.2) is 13.1 Å². The summed E-state index contributed by atoms with van der Waals surface area (Å²) in [6, 6.07) is 0. The molecule has 5 rings (SSSR count). The molecule has 0 radical (unpaired) electrons. The van der Waals surface area contributed by atoms with Crippen molar-refractivity contribution >= 4 is 15.9 Å². The number of fused-ring (bicyclic) bond motifs is 5. The van der Waals surface area contributed by atoms with Crippen molar-refractivity contribution in [2.45, 2.75) is 109 Å². The number of aliphatic hydroxyl groups is 1. The van der Waals surface area contributed by atoms with Crippen LogP contribution in [-0.4, -0.2) is 55.8 Å². The summed E-state index contributed by atoms with van der Waals surface area (Å²) in [5.74, 6) is 3.74. The second-order valence-electron chi connectivity index (χ2n) is 13.7. The van der Waals surface area contributed by atoms with E-state index in [9.17, 15) is 18.3 Å². The first kappa shape index (κ1) is 27.6. The average Bonchev–Trinajstić information content (AvgIpc) is 3.25. The smallest absolute Gasteiger partial charge is 0.222 e. The van der Waals surface area contributed by atoms with Crippen LogP contribution in [0.25, 0.3) is 0 Å². The largest absolute Gasteiger partial charge is 0.393 e. The lowest BCUT2D eigenvalue weighted by Gasteiger charge is -2.58. The van der Waals surface area contributed by atoms with E-state index in [0.29, 0.717) is 55.0 Å². The van der Waals surface area contributed by atoms with Gasteiger partial charge in [0.25, 0.3) is 0 Å². The summed E-state index contributed by atoms with van der Waals surface area (Å²) in [6.07, 6.45) is 14.4. The van der Waals surface area contributed by atoms with Gasteiger partial charge in [-0.3, -0.25) is 4.79 Å². The van der Waals surface area contributed by atoms with E-state index in [4.69, 9.17) is 0 Å². The van der Waals surface area contributed by atoms with Crippen molar-refractivity contribution in [2.75, 3.05) is 20.1 Å². The molecule has 4 fully saturated rings. The zero-order valence-electron chi connectivity index (χ0n) is 23.5. The molecule has 0 aromatic rings. The number of rotatable bonds is 6. The van der Waals surface area contributed by atoms with Crippen molar-refractivity contribution in [3.05, 3.63) is 11.6 Å². The molecule has 1 unspecified atom stereocenters. The van der Waals surface area contributed by atoms with E-state index in [1.165, 1.54) is 39.2 Å². The van der Waals surface area contributed by atoms with Crippen LogP contribution in [0.1, 0.15) is 97.8 Å². The first-order chi connectivity index (χ1) is 17.5. The highest BCUT2D eigenvalue weighted by atomic mass is 32.2. The van der Waals surface area contributed by atoms with Crippen molar-refractivity contribution in [1.82, 2.24) is 9.62 Å². The summed E-state index contributed by atoms with van der Waals surface area (Å²) in [6.45, 7) is 8.56. The Labute approximate surface area is 225 Å². The van der Waals surface area contributed by atoms with E-state index in [1.807, 2.05) is 4.90 Å². The molecule has 210 valence electrons. The SMILES string of the molecule is CNS(=O)(=O)C1CCN(C(=O)CCC(C)[C@H]2CC[C@H]3[C@@H]4CC=C5C[C@@H](O)CC[C@]5(C)[C@H]4CC[C@]23C)CC1. The number of piperidine rings is 1. The minimum atomic E-state index is -3.25. The van der Waals surface area contributed by atoms with E-state index in [2.05, 4.69) is 31.6 Å². The van der Waals surface area contributed by atoms with Gasteiger partial charge in [0.1, 0.15) is 0 Å². The van der Waals surface area contributed by atoms with Gasteiger partial charge in [0, 0.05) is 19.5 Å². The predicted octanol–water partition coefficient (Wildman–Crippen LogP) is 4.88. The predicted molar refractivity (Wildman–Crippen MR) is 147 cm³/mol. The lowest BCUT2D eigenvalue weighted by atomic mass is 9.47. The van der Waals surface area contributed by atoms with Gasteiger partial charge in [0.2, 0.25) is 15.9 Å². The monoisotopic (exact) mass is 534 g/mol. The number of nitrogens with one attached hydrogen (secondary N) is 1. The van der Waals surface area contributed by atoms with Crippen LogP contribution in [-0.2, 0) is 14.8 Å². The van der Waals surface area contributed by atoms with E-state index < -0.39 is 10.0 Å². The number of amides is 1. The van der Waals surface area contributed by atoms with Crippen LogP contribution in [0.4, 0.5) is 0 Å². The van der Waals surface area contributed by atoms with Gasteiger partial charge in [-0.2, -0.15) is 0 Å². The van der Waals surface area contributed by atoms with Crippen LogP contribution in [0.5, 0.6) is 0 Å². The Bertz CT molecular complexity index is 1000. The first-order valence-corrected chi connectivity index (χ1v) is 16.6.